The zero-order chi connectivity index (χ0) is 23.2. The Balaban J connectivity index is 2.15. The van der Waals surface area contributed by atoms with Crippen molar-refractivity contribution in [3.05, 3.63) is 33.1 Å². The van der Waals surface area contributed by atoms with E-state index in [0.29, 0.717) is 10.8 Å². The molecule has 6 N–H and O–H groups in total. The van der Waals surface area contributed by atoms with E-state index in [2.05, 4.69) is 17.9 Å². The molecule has 2 heterocycles. The van der Waals surface area contributed by atoms with Crippen LogP contribution in [-0.2, 0) is 31.6 Å². The molecule has 20 heteroatoms. The van der Waals surface area contributed by atoms with Crippen LogP contribution in [0, 0.1) is 0 Å². The highest BCUT2D eigenvalue weighted by molar-refractivity contribution is 7.66. The Morgan fingerprint density at radius 1 is 1.28 bits per heavy atom. The topological polar surface area (TPSA) is 244 Å². The largest absolute Gasteiger partial charge is 0.490 e. The van der Waals surface area contributed by atoms with Gasteiger partial charge in [-0.2, -0.15) is 8.62 Å². The number of nitrogens with zero attached hydrogens (tertiary/aromatic N) is 1. The number of aliphatic hydroxyl groups excluding tert-OH is 1. The Labute approximate surface area is 160 Å². The fourth-order valence-corrected chi connectivity index (χ4v) is 5.09. The van der Waals surface area contributed by atoms with Gasteiger partial charge >= 0.3 is 29.2 Å². The number of phosphoric acid groups is 3. The van der Waals surface area contributed by atoms with E-state index >= 15 is 0 Å². The molecule has 0 radical (unpaired) electrons. The van der Waals surface area contributed by atoms with Gasteiger partial charge in [-0.05, 0) is 0 Å². The molecular formula is C9H14FN2O14P3. The second-order valence-corrected chi connectivity index (χ2v) is 9.81. The molecule has 2 rings (SSSR count). The SMILES string of the molecule is [2H][C@@]1(n2ccc(=O)[nH]c2=O)O[C@](F)(COP(=O)(O)OP(=O)(O)OP(=O)(O)O)C[C@H]1O. The summed E-state index contributed by atoms with van der Waals surface area (Å²) >= 11 is 0. The lowest BCUT2D eigenvalue weighted by molar-refractivity contribution is -0.178. The number of ether oxygens (including phenoxy) is 1. The van der Waals surface area contributed by atoms with Crippen molar-refractivity contribution in [1.82, 2.24) is 9.55 Å². The third-order valence-corrected chi connectivity index (χ3v) is 6.77. The van der Waals surface area contributed by atoms with Gasteiger partial charge in [0.05, 0.1) is 1.37 Å². The first kappa shape index (κ1) is 22.6. The van der Waals surface area contributed by atoms with Gasteiger partial charge in [0.15, 0.2) is 6.20 Å². The molecule has 0 bridgehead atoms. The standard InChI is InChI=1S/C9H14FN2O14P3/c10-9(4-23-28(19,20)26-29(21,22)25-27(16,17)18)3-5(13)7(24-9)12-2-1-6(14)11-8(12)15/h1-2,5,7,13H,3-4H2,(H,19,20)(H,21,22)(H,11,14,15)(H2,16,17,18)/t5-,7-,9+/m1/s1/i7D. The lowest BCUT2D eigenvalue weighted by atomic mass is 10.2. The normalized spacial score (nSPS) is 32.3. The van der Waals surface area contributed by atoms with Crippen molar-refractivity contribution < 1.29 is 62.0 Å². The maximum absolute atomic E-state index is 14.8. The summed E-state index contributed by atoms with van der Waals surface area (Å²) < 4.78 is 72.1. The Morgan fingerprint density at radius 3 is 2.45 bits per heavy atom. The molecule has 0 amide bonds. The van der Waals surface area contributed by atoms with Gasteiger partial charge < -0.3 is 29.4 Å². The molecule has 2 unspecified atom stereocenters. The minimum atomic E-state index is -5.85. The maximum Gasteiger partial charge on any atom is 0.490 e. The third-order valence-electron chi connectivity index (χ3n) is 2.99. The van der Waals surface area contributed by atoms with Gasteiger partial charge in [0.25, 0.3) is 5.56 Å². The van der Waals surface area contributed by atoms with E-state index in [1.165, 1.54) is 0 Å². The summed E-state index contributed by atoms with van der Waals surface area (Å²) in [7, 11) is -17.2. The van der Waals surface area contributed by atoms with Gasteiger partial charge in [-0.3, -0.25) is 18.9 Å². The van der Waals surface area contributed by atoms with Crippen molar-refractivity contribution in [2.24, 2.45) is 0 Å². The van der Waals surface area contributed by atoms with Crippen LogP contribution in [0.5, 0.6) is 0 Å². The molecule has 1 aliphatic heterocycles. The van der Waals surface area contributed by atoms with Crippen LogP contribution in [0.15, 0.2) is 21.9 Å². The molecule has 166 valence electrons. The molecule has 5 atom stereocenters. The summed E-state index contributed by atoms with van der Waals surface area (Å²) in [4.78, 5) is 59.8. The smallest absolute Gasteiger partial charge is 0.388 e. The summed E-state index contributed by atoms with van der Waals surface area (Å²) in [6.45, 7) is -1.62. The van der Waals surface area contributed by atoms with E-state index in [4.69, 9.17) is 16.1 Å². The molecule has 1 fully saturated rings. The molecule has 1 aromatic heterocycles. The molecule has 29 heavy (non-hydrogen) atoms. The van der Waals surface area contributed by atoms with Crippen molar-refractivity contribution in [2.45, 2.75) is 24.6 Å². The molecule has 1 aliphatic rings. The van der Waals surface area contributed by atoms with Crippen LogP contribution in [0.4, 0.5) is 4.39 Å². The number of aromatic amines is 1. The van der Waals surface area contributed by atoms with E-state index in [-0.39, 0.29) is 0 Å². The Kier molecular flexibility index (Phi) is 6.42. The van der Waals surface area contributed by atoms with Gasteiger partial charge in [0.1, 0.15) is 12.7 Å². The number of alkyl halides is 1. The van der Waals surface area contributed by atoms with Gasteiger partial charge in [-0.15, -0.1) is 0 Å². The van der Waals surface area contributed by atoms with Gasteiger partial charge in [0, 0.05) is 18.7 Å². The summed E-state index contributed by atoms with van der Waals surface area (Å²) in [5, 5.41) is 9.96. The second-order valence-electron chi connectivity index (χ2n) is 5.39. The quantitative estimate of drug-likeness (QED) is 0.237. The van der Waals surface area contributed by atoms with Gasteiger partial charge in [-0.1, -0.05) is 0 Å². The van der Waals surface area contributed by atoms with Crippen LogP contribution < -0.4 is 11.2 Å². The van der Waals surface area contributed by atoms with Crippen molar-refractivity contribution in [3.63, 3.8) is 0 Å². The molecule has 0 saturated carbocycles. The first-order chi connectivity index (χ1) is 13.4. The van der Waals surface area contributed by atoms with E-state index in [9.17, 15) is 37.7 Å². The third kappa shape index (κ3) is 7.00. The van der Waals surface area contributed by atoms with Crippen molar-refractivity contribution in [2.75, 3.05) is 6.61 Å². The molecule has 0 spiro atoms. The van der Waals surface area contributed by atoms with Crippen LogP contribution in [0.25, 0.3) is 0 Å². The number of rotatable bonds is 8. The number of nitrogens with one attached hydrogen (secondary N) is 1. The van der Waals surface area contributed by atoms with Crippen LogP contribution >= 0.6 is 23.5 Å². The van der Waals surface area contributed by atoms with E-state index in [0.717, 1.165) is 6.07 Å². The molecule has 1 aromatic rings. The number of aliphatic hydroxyl groups is 1. The van der Waals surface area contributed by atoms with Crippen molar-refractivity contribution in [3.8, 4) is 0 Å². The number of hydrogen-bond acceptors (Lipinski definition) is 10. The Hall–Kier alpha value is -1.06. The van der Waals surface area contributed by atoms with Gasteiger partial charge in [-0.25, -0.2) is 22.9 Å². The Bertz CT molecular complexity index is 1070. The number of H-pyrrole nitrogens is 1. The highest BCUT2D eigenvalue weighted by atomic mass is 31.3. The number of halogens is 1. The van der Waals surface area contributed by atoms with Crippen LogP contribution in [0.3, 0.4) is 0 Å². The van der Waals surface area contributed by atoms with Gasteiger partial charge in [0.2, 0.25) is 5.85 Å². The minimum absolute atomic E-state index is 0.311. The van der Waals surface area contributed by atoms with E-state index in [1.54, 1.807) is 4.98 Å². The zero-order valence-corrected chi connectivity index (χ0v) is 16.4. The predicted molar refractivity (Wildman–Crippen MR) is 85.7 cm³/mol. The van der Waals surface area contributed by atoms with E-state index in [1.807, 2.05) is 0 Å². The second kappa shape index (κ2) is 8.23. The average Bonchev–Trinajstić information content (AvgIpc) is 2.72. The van der Waals surface area contributed by atoms with Crippen LogP contribution in [0.1, 0.15) is 14.0 Å². The number of aromatic nitrogens is 2. The highest BCUT2D eigenvalue weighted by Gasteiger charge is 2.50. The first-order valence-electron chi connectivity index (χ1n) is 7.54. The highest BCUT2D eigenvalue weighted by Crippen LogP contribution is 2.66. The lowest BCUT2D eigenvalue weighted by Gasteiger charge is -2.22. The molecule has 1 saturated heterocycles. The first-order valence-corrected chi connectivity index (χ1v) is 11.6. The predicted octanol–water partition coefficient (Wildman–Crippen LogP) is -1.17. The molecular weight excluding hydrogens is 472 g/mol. The molecule has 0 aromatic carbocycles. The molecule has 16 nitrogen and oxygen atoms in total. The fourth-order valence-electron chi connectivity index (χ4n) is 2.04. The summed E-state index contributed by atoms with van der Waals surface area (Å²) in [6, 6.07) is 0.762. The van der Waals surface area contributed by atoms with Crippen LogP contribution in [0.2, 0.25) is 0 Å². The molecule has 0 aliphatic carbocycles. The lowest BCUT2D eigenvalue weighted by Crippen LogP contribution is -2.35. The summed E-state index contributed by atoms with van der Waals surface area (Å²) in [5.74, 6) is -3.23. The average molecular weight is 487 g/mol. The monoisotopic (exact) mass is 487 g/mol. The minimum Gasteiger partial charge on any atom is -0.388 e. The summed E-state index contributed by atoms with van der Waals surface area (Å²) in [6.07, 6.45) is -5.32. The number of hydrogen-bond donors (Lipinski definition) is 6. The van der Waals surface area contributed by atoms with Crippen molar-refractivity contribution >= 4 is 23.5 Å². The summed E-state index contributed by atoms with van der Waals surface area (Å²) in [5.41, 5.74) is -2.12. The Morgan fingerprint density at radius 2 is 1.90 bits per heavy atom. The fraction of sp³-hybridized carbons (Fsp3) is 0.556. The number of phosphoric ester groups is 1. The van der Waals surface area contributed by atoms with E-state index < -0.39 is 65.9 Å². The van der Waals surface area contributed by atoms with Crippen molar-refractivity contribution in [1.29, 1.82) is 0 Å². The van der Waals surface area contributed by atoms with Crippen LogP contribution in [-0.4, -0.2) is 52.8 Å². The maximum atomic E-state index is 14.8. The zero-order valence-electron chi connectivity index (χ0n) is 14.7.